The molecule has 7 nitrogen and oxygen atoms in total. The quantitative estimate of drug-likeness (QED) is 0.248. The highest BCUT2D eigenvalue weighted by molar-refractivity contribution is 9.10. The van der Waals surface area contributed by atoms with E-state index in [1.807, 2.05) is 38.1 Å². The van der Waals surface area contributed by atoms with Gasteiger partial charge in [0.1, 0.15) is 12.2 Å². The Kier molecular flexibility index (Phi) is 8.31. The first-order valence-electron chi connectivity index (χ1n) is 11.6. The summed E-state index contributed by atoms with van der Waals surface area (Å²) in [7, 11) is 0. The molecule has 37 heavy (non-hydrogen) atoms. The Morgan fingerprint density at radius 1 is 1.00 bits per heavy atom. The molecule has 1 aliphatic heterocycles. The van der Waals surface area contributed by atoms with E-state index in [2.05, 4.69) is 21.2 Å². The molecule has 1 heterocycles. The van der Waals surface area contributed by atoms with Crippen LogP contribution in [0.5, 0.6) is 11.5 Å². The second kappa shape index (κ2) is 11.6. The van der Waals surface area contributed by atoms with Crippen molar-refractivity contribution in [2.24, 2.45) is 0 Å². The van der Waals surface area contributed by atoms with E-state index < -0.39 is 17.8 Å². The lowest BCUT2D eigenvalue weighted by Crippen LogP contribution is -2.54. The number of ether oxygens (including phenoxy) is 2. The van der Waals surface area contributed by atoms with Gasteiger partial charge < -0.3 is 9.47 Å². The van der Waals surface area contributed by atoms with Gasteiger partial charge in [-0.15, -0.1) is 0 Å². The molecule has 0 aromatic heterocycles. The summed E-state index contributed by atoms with van der Waals surface area (Å²) in [5.41, 5.74) is 2.52. The molecule has 1 saturated heterocycles. The van der Waals surface area contributed by atoms with Crippen LogP contribution in [0.3, 0.4) is 0 Å². The van der Waals surface area contributed by atoms with Crippen molar-refractivity contribution >= 4 is 57.1 Å². The van der Waals surface area contributed by atoms with E-state index in [9.17, 15) is 14.4 Å². The van der Waals surface area contributed by atoms with Crippen LogP contribution in [0.25, 0.3) is 6.08 Å². The van der Waals surface area contributed by atoms with Crippen LogP contribution in [-0.2, 0) is 22.6 Å². The van der Waals surface area contributed by atoms with Crippen LogP contribution < -0.4 is 19.7 Å². The predicted octanol–water partition coefficient (Wildman–Crippen LogP) is 6.31. The molecule has 0 radical (unpaired) electrons. The largest absolute Gasteiger partial charge is 0.490 e. The zero-order valence-corrected chi connectivity index (χ0v) is 22.6. The number of barbiturate groups is 1. The number of benzene rings is 3. The molecule has 0 bridgehead atoms. The number of amides is 4. The summed E-state index contributed by atoms with van der Waals surface area (Å²) in [6.07, 6.45) is 2.05. The van der Waals surface area contributed by atoms with E-state index >= 15 is 0 Å². The monoisotopic (exact) mass is 582 g/mol. The van der Waals surface area contributed by atoms with Crippen molar-refractivity contribution in [2.75, 3.05) is 11.5 Å². The minimum absolute atomic E-state index is 0.172. The average Bonchev–Trinajstić information content (AvgIpc) is 2.87. The van der Waals surface area contributed by atoms with Gasteiger partial charge in [-0.3, -0.25) is 14.9 Å². The molecule has 3 aromatic rings. The predicted molar refractivity (Wildman–Crippen MR) is 146 cm³/mol. The Morgan fingerprint density at radius 3 is 2.43 bits per heavy atom. The first kappa shape index (κ1) is 26.4. The summed E-state index contributed by atoms with van der Waals surface area (Å²) in [6, 6.07) is 17.0. The van der Waals surface area contributed by atoms with E-state index in [4.69, 9.17) is 21.1 Å². The average molecular weight is 584 g/mol. The first-order valence-corrected chi connectivity index (χ1v) is 12.8. The second-order valence-electron chi connectivity index (χ2n) is 8.12. The molecule has 1 aliphatic rings. The highest BCUT2D eigenvalue weighted by Crippen LogP contribution is 2.38. The van der Waals surface area contributed by atoms with Crippen LogP contribution >= 0.6 is 27.5 Å². The first-order chi connectivity index (χ1) is 17.8. The molecule has 0 atom stereocenters. The molecule has 190 valence electrons. The smallest absolute Gasteiger partial charge is 0.335 e. The van der Waals surface area contributed by atoms with Crippen LogP contribution in [0.4, 0.5) is 10.5 Å². The normalized spacial score (nSPS) is 14.6. The Balaban J connectivity index is 1.67. The minimum Gasteiger partial charge on any atom is -0.490 e. The van der Waals surface area contributed by atoms with Crippen molar-refractivity contribution < 1.29 is 23.9 Å². The SMILES string of the molecule is CCOc1cc(/C=C2/C(=O)NC(=O)N(c3ccccc3CC)C2=O)cc(Br)c1OCc1ccc(Cl)cc1. The Bertz CT molecular complexity index is 1390. The summed E-state index contributed by atoms with van der Waals surface area (Å²) in [5.74, 6) is -0.554. The number of hydrogen-bond donors (Lipinski definition) is 1. The number of nitrogens with one attached hydrogen (secondary N) is 1. The van der Waals surface area contributed by atoms with Gasteiger partial charge in [-0.05, 0) is 82.4 Å². The summed E-state index contributed by atoms with van der Waals surface area (Å²) in [4.78, 5) is 39.7. The molecule has 4 rings (SSSR count). The van der Waals surface area contributed by atoms with Gasteiger partial charge in [0.15, 0.2) is 11.5 Å². The number of rotatable bonds is 8. The fourth-order valence-corrected chi connectivity index (χ4v) is 4.58. The fourth-order valence-electron chi connectivity index (χ4n) is 3.88. The minimum atomic E-state index is -0.782. The topological polar surface area (TPSA) is 84.9 Å². The van der Waals surface area contributed by atoms with Gasteiger partial charge in [-0.2, -0.15) is 0 Å². The molecule has 0 spiro atoms. The number of carbonyl (C=O) groups excluding carboxylic acids is 3. The van der Waals surface area contributed by atoms with Gasteiger partial charge in [-0.25, -0.2) is 9.69 Å². The standard InChI is InChI=1S/C28H24BrClN2O5/c1-3-19-7-5-6-8-23(19)32-27(34)21(26(33)31-28(32)35)13-18-14-22(29)25(24(15-18)36-4-2)37-16-17-9-11-20(30)12-10-17/h5-15H,3-4,16H2,1-2H3,(H,31,33,35)/b21-13-. The highest BCUT2D eigenvalue weighted by atomic mass is 79.9. The molecule has 0 unspecified atom stereocenters. The van der Waals surface area contributed by atoms with Crippen LogP contribution in [0.15, 0.2) is 70.7 Å². The molecule has 0 aliphatic carbocycles. The molecule has 3 aromatic carbocycles. The molecular formula is C28H24BrClN2O5. The zero-order valence-electron chi connectivity index (χ0n) is 20.2. The Labute approximate surface area is 228 Å². The van der Waals surface area contributed by atoms with E-state index in [-0.39, 0.29) is 12.2 Å². The lowest BCUT2D eigenvalue weighted by molar-refractivity contribution is -0.122. The van der Waals surface area contributed by atoms with Crippen molar-refractivity contribution in [3.05, 3.63) is 92.4 Å². The van der Waals surface area contributed by atoms with Crippen LogP contribution in [-0.4, -0.2) is 24.5 Å². The number of hydrogen-bond acceptors (Lipinski definition) is 5. The van der Waals surface area contributed by atoms with Crippen molar-refractivity contribution in [2.45, 2.75) is 26.9 Å². The van der Waals surface area contributed by atoms with E-state index in [0.717, 1.165) is 16.0 Å². The number of aryl methyl sites for hydroxylation is 1. The van der Waals surface area contributed by atoms with Gasteiger partial charge in [0.05, 0.1) is 16.8 Å². The molecule has 1 N–H and O–H groups in total. The van der Waals surface area contributed by atoms with E-state index in [0.29, 0.717) is 45.3 Å². The van der Waals surface area contributed by atoms with E-state index in [1.54, 1.807) is 36.4 Å². The lowest BCUT2D eigenvalue weighted by atomic mass is 10.0. The third kappa shape index (κ3) is 5.87. The maximum absolute atomic E-state index is 13.4. The van der Waals surface area contributed by atoms with Gasteiger partial charge >= 0.3 is 6.03 Å². The van der Waals surface area contributed by atoms with E-state index in [1.165, 1.54) is 6.08 Å². The van der Waals surface area contributed by atoms with Gasteiger partial charge in [0.25, 0.3) is 11.8 Å². The van der Waals surface area contributed by atoms with Gasteiger partial charge in [0.2, 0.25) is 0 Å². The summed E-state index contributed by atoms with van der Waals surface area (Å²) in [6.45, 7) is 4.43. The number of urea groups is 1. The second-order valence-corrected chi connectivity index (χ2v) is 9.41. The number of para-hydroxylation sites is 1. The molecule has 1 fully saturated rings. The fraction of sp³-hybridized carbons (Fsp3) is 0.179. The Hall–Kier alpha value is -3.62. The highest BCUT2D eigenvalue weighted by Gasteiger charge is 2.37. The van der Waals surface area contributed by atoms with Crippen molar-refractivity contribution in [3.63, 3.8) is 0 Å². The number of carbonyl (C=O) groups is 3. The van der Waals surface area contributed by atoms with Crippen LogP contribution in [0.2, 0.25) is 5.02 Å². The van der Waals surface area contributed by atoms with Crippen LogP contribution in [0.1, 0.15) is 30.5 Å². The third-order valence-corrected chi connectivity index (χ3v) is 6.50. The third-order valence-electron chi connectivity index (χ3n) is 5.65. The summed E-state index contributed by atoms with van der Waals surface area (Å²) >= 11 is 9.48. The lowest BCUT2D eigenvalue weighted by Gasteiger charge is -2.28. The van der Waals surface area contributed by atoms with Gasteiger partial charge in [0, 0.05) is 5.02 Å². The van der Waals surface area contributed by atoms with Crippen molar-refractivity contribution in [3.8, 4) is 11.5 Å². The summed E-state index contributed by atoms with van der Waals surface area (Å²) < 4.78 is 12.4. The van der Waals surface area contributed by atoms with Gasteiger partial charge in [-0.1, -0.05) is 48.9 Å². The maximum atomic E-state index is 13.4. The van der Waals surface area contributed by atoms with Crippen molar-refractivity contribution in [1.82, 2.24) is 5.32 Å². The number of anilines is 1. The zero-order chi connectivity index (χ0) is 26.5. The molecule has 0 saturated carbocycles. The molecule has 4 amide bonds. The molecular weight excluding hydrogens is 560 g/mol. The summed E-state index contributed by atoms with van der Waals surface area (Å²) in [5, 5.41) is 2.91. The van der Waals surface area contributed by atoms with Crippen LogP contribution in [0, 0.1) is 0 Å². The van der Waals surface area contributed by atoms with Crippen molar-refractivity contribution in [1.29, 1.82) is 0 Å². The maximum Gasteiger partial charge on any atom is 0.335 e. The Morgan fingerprint density at radius 2 is 1.73 bits per heavy atom. The molecule has 9 heteroatoms. The number of nitrogens with zero attached hydrogens (tertiary/aromatic N) is 1. The number of imide groups is 2. The number of halogens is 2.